The van der Waals surface area contributed by atoms with Gasteiger partial charge >= 0.3 is 6.03 Å². The van der Waals surface area contributed by atoms with Gasteiger partial charge in [-0.3, -0.25) is 5.43 Å². The van der Waals surface area contributed by atoms with Crippen LogP contribution in [0.5, 0.6) is 0 Å². The number of anilines is 1. The fraction of sp³-hybridized carbons (Fsp3) is 0.318. The van der Waals surface area contributed by atoms with Crippen LogP contribution >= 0.6 is 0 Å². The number of para-hydroxylation sites is 1. The number of hydrazine groups is 1. The summed E-state index contributed by atoms with van der Waals surface area (Å²) in [7, 11) is 0. The van der Waals surface area contributed by atoms with E-state index in [0.29, 0.717) is 0 Å². The van der Waals surface area contributed by atoms with Crippen molar-refractivity contribution in [2.75, 3.05) is 38.0 Å². The molecule has 6 heteroatoms. The molecule has 0 atom stereocenters. The average Bonchev–Trinajstić information content (AvgIpc) is 3.12. The van der Waals surface area contributed by atoms with Gasteiger partial charge in [-0.25, -0.2) is 9.80 Å². The molecule has 2 aromatic carbocycles. The van der Waals surface area contributed by atoms with Gasteiger partial charge in [0.05, 0.1) is 0 Å². The summed E-state index contributed by atoms with van der Waals surface area (Å²) < 4.78 is 0. The van der Waals surface area contributed by atoms with Crippen LogP contribution in [-0.4, -0.2) is 53.6 Å². The van der Waals surface area contributed by atoms with Crippen molar-refractivity contribution in [1.82, 2.24) is 20.3 Å². The summed E-state index contributed by atoms with van der Waals surface area (Å²) in [5.41, 5.74) is 7.50. The fourth-order valence-corrected chi connectivity index (χ4v) is 3.64. The number of urea groups is 1. The first-order valence-corrected chi connectivity index (χ1v) is 9.84. The Morgan fingerprint density at radius 1 is 1.04 bits per heavy atom. The van der Waals surface area contributed by atoms with Gasteiger partial charge in [0.15, 0.2) is 0 Å². The maximum Gasteiger partial charge on any atom is 0.333 e. The normalized spacial score (nSPS) is 15.6. The molecule has 1 saturated heterocycles. The van der Waals surface area contributed by atoms with E-state index < -0.39 is 0 Å². The van der Waals surface area contributed by atoms with Crippen molar-refractivity contribution in [2.24, 2.45) is 0 Å². The van der Waals surface area contributed by atoms with Crippen LogP contribution in [-0.2, 0) is 6.42 Å². The van der Waals surface area contributed by atoms with Crippen LogP contribution in [0.1, 0.15) is 11.1 Å². The molecule has 1 fully saturated rings. The van der Waals surface area contributed by atoms with E-state index >= 15 is 0 Å². The van der Waals surface area contributed by atoms with E-state index in [1.165, 1.54) is 22.0 Å². The number of aromatic amines is 1. The number of carbonyl (C=O) groups excluding carboxylic acids is 1. The number of carbonyl (C=O) groups is 1. The highest BCUT2D eigenvalue weighted by molar-refractivity contribution is 5.88. The zero-order valence-corrected chi connectivity index (χ0v) is 16.2. The van der Waals surface area contributed by atoms with E-state index in [4.69, 9.17) is 0 Å². The highest BCUT2D eigenvalue weighted by Gasteiger charge is 2.18. The smallest absolute Gasteiger partial charge is 0.333 e. The van der Waals surface area contributed by atoms with Crippen molar-refractivity contribution < 1.29 is 4.79 Å². The molecule has 146 valence electrons. The molecule has 4 rings (SSSR count). The summed E-state index contributed by atoms with van der Waals surface area (Å²) in [5.74, 6) is 0. The summed E-state index contributed by atoms with van der Waals surface area (Å²) in [6.07, 6.45) is 3.16. The Kier molecular flexibility index (Phi) is 5.60. The summed E-state index contributed by atoms with van der Waals surface area (Å²) in [4.78, 5) is 18.0. The van der Waals surface area contributed by atoms with Crippen LogP contribution in [0, 0.1) is 6.92 Å². The number of benzene rings is 2. The molecule has 1 aliphatic rings. The third kappa shape index (κ3) is 4.52. The van der Waals surface area contributed by atoms with Crippen LogP contribution in [0.15, 0.2) is 54.7 Å². The van der Waals surface area contributed by atoms with E-state index in [0.717, 1.165) is 44.8 Å². The number of rotatable bonds is 5. The minimum atomic E-state index is -0.184. The summed E-state index contributed by atoms with van der Waals surface area (Å²) >= 11 is 0. The van der Waals surface area contributed by atoms with Gasteiger partial charge in [0.1, 0.15) is 0 Å². The molecule has 0 radical (unpaired) electrons. The SMILES string of the molecule is Cc1ccc(NC(=O)NN2CCN(CCc3c[nH]c4ccccc34)CC2)cc1. The third-order valence-electron chi connectivity index (χ3n) is 5.31. The van der Waals surface area contributed by atoms with Gasteiger partial charge in [0, 0.05) is 55.5 Å². The molecule has 28 heavy (non-hydrogen) atoms. The molecule has 1 aliphatic heterocycles. The number of fused-ring (bicyclic) bond motifs is 1. The Morgan fingerprint density at radius 3 is 2.57 bits per heavy atom. The van der Waals surface area contributed by atoms with Gasteiger partial charge in [-0.2, -0.15) is 0 Å². The zero-order chi connectivity index (χ0) is 19.3. The van der Waals surface area contributed by atoms with Crippen molar-refractivity contribution in [3.8, 4) is 0 Å². The molecule has 1 aromatic heterocycles. The molecule has 0 unspecified atom stereocenters. The van der Waals surface area contributed by atoms with Crippen molar-refractivity contribution in [2.45, 2.75) is 13.3 Å². The summed E-state index contributed by atoms with van der Waals surface area (Å²) in [6, 6.07) is 16.1. The highest BCUT2D eigenvalue weighted by Crippen LogP contribution is 2.18. The molecule has 0 saturated carbocycles. The van der Waals surface area contributed by atoms with Gasteiger partial charge in [0.2, 0.25) is 0 Å². The second kappa shape index (κ2) is 8.46. The van der Waals surface area contributed by atoms with E-state index in [1.807, 2.05) is 36.2 Å². The largest absolute Gasteiger partial charge is 0.361 e. The lowest BCUT2D eigenvalue weighted by Crippen LogP contribution is -2.54. The summed E-state index contributed by atoms with van der Waals surface area (Å²) in [6.45, 7) is 6.62. The van der Waals surface area contributed by atoms with E-state index in [1.54, 1.807) is 0 Å². The minimum absolute atomic E-state index is 0.184. The Labute approximate surface area is 165 Å². The number of hydrogen-bond donors (Lipinski definition) is 3. The third-order valence-corrected chi connectivity index (χ3v) is 5.31. The number of nitrogens with one attached hydrogen (secondary N) is 3. The number of piperazine rings is 1. The number of nitrogens with zero attached hydrogens (tertiary/aromatic N) is 2. The standard InChI is InChI=1S/C22H27N5O/c1-17-6-8-19(9-7-17)24-22(28)25-27-14-12-26(13-15-27)11-10-18-16-23-21-5-3-2-4-20(18)21/h2-9,16,23H,10-15H2,1H3,(H2,24,25,28). The molecular weight excluding hydrogens is 350 g/mol. The lowest BCUT2D eigenvalue weighted by Gasteiger charge is -2.34. The van der Waals surface area contributed by atoms with Gasteiger partial charge in [-0.15, -0.1) is 0 Å². The summed E-state index contributed by atoms with van der Waals surface area (Å²) in [5, 5.41) is 6.19. The first kappa shape index (κ1) is 18.5. The monoisotopic (exact) mass is 377 g/mol. The number of H-pyrrole nitrogens is 1. The molecule has 2 heterocycles. The van der Waals surface area contributed by atoms with Crippen molar-refractivity contribution >= 4 is 22.6 Å². The molecule has 2 amide bonds. The van der Waals surface area contributed by atoms with Gasteiger partial charge in [-0.05, 0) is 37.1 Å². The molecular formula is C22H27N5O. The van der Waals surface area contributed by atoms with E-state index in [9.17, 15) is 4.79 Å². The molecule has 3 aromatic rings. The van der Waals surface area contributed by atoms with Crippen LogP contribution in [0.25, 0.3) is 10.9 Å². The second-order valence-electron chi connectivity index (χ2n) is 7.37. The quantitative estimate of drug-likeness (QED) is 0.639. The maximum absolute atomic E-state index is 12.2. The van der Waals surface area contributed by atoms with Crippen LogP contribution < -0.4 is 10.7 Å². The first-order chi connectivity index (χ1) is 13.7. The Bertz CT molecular complexity index is 926. The molecule has 0 aliphatic carbocycles. The Hall–Kier alpha value is -2.83. The molecule has 0 bridgehead atoms. The highest BCUT2D eigenvalue weighted by atomic mass is 16.2. The van der Waals surface area contributed by atoms with Gasteiger partial charge in [0.25, 0.3) is 0 Å². The van der Waals surface area contributed by atoms with Crippen LogP contribution in [0.2, 0.25) is 0 Å². The average molecular weight is 377 g/mol. The maximum atomic E-state index is 12.2. The topological polar surface area (TPSA) is 63.4 Å². The second-order valence-corrected chi connectivity index (χ2v) is 7.37. The molecule has 3 N–H and O–H groups in total. The van der Waals surface area contributed by atoms with Crippen molar-refractivity contribution in [1.29, 1.82) is 0 Å². The molecule has 0 spiro atoms. The van der Waals surface area contributed by atoms with Crippen LogP contribution in [0.4, 0.5) is 10.5 Å². The van der Waals surface area contributed by atoms with Crippen molar-refractivity contribution in [3.05, 3.63) is 65.9 Å². The van der Waals surface area contributed by atoms with E-state index in [-0.39, 0.29) is 6.03 Å². The lowest BCUT2D eigenvalue weighted by atomic mass is 10.1. The number of amides is 2. The van der Waals surface area contributed by atoms with Crippen LogP contribution in [0.3, 0.4) is 0 Å². The predicted molar refractivity (Wildman–Crippen MR) is 113 cm³/mol. The van der Waals surface area contributed by atoms with E-state index in [2.05, 4.69) is 51.1 Å². The lowest BCUT2D eigenvalue weighted by molar-refractivity contribution is 0.102. The number of aryl methyl sites for hydroxylation is 1. The Morgan fingerprint density at radius 2 is 1.79 bits per heavy atom. The first-order valence-electron chi connectivity index (χ1n) is 9.84. The number of aromatic nitrogens is 1. The zero-order valence-electron chi connectivity index (χ0n) is 16.2. The fourth-order valence-electron chi connectivity index (χ4n) is 3.64. The molecule has 6 nitrogen and oxygen atoms in total. The number of hydrogen-bond acceptors (Lipinski definition) is 3. The minimum Gasteiger partial charge on any atom is -0.361 e. The van der Waals surface area contributed by atoms with Gasteiger partial charge in [-0.1, -0.05) is 35.9 Å². The van der Waals surface area contributed by atoms with Gasteiger partial charge < -0.3 is 15.2 Å². The predicted octanol–water partition coefficient (Wildman–Crippen LogP) is 3.37. The Balaban J connectivity index is 1.21. The van der Waals surface area contributed by atoms with Crippen molar-refractivity contribution in [3.63, 3.8) is 0 Å².